The highest BCUT2D eigenvalue weighted by Gasteiger charge is 2.36. The van der Waals surface area contributed by atoms with Crippen LogP contribution in [-0.2, 0) is 4.79 Å². The summed E-state index contributed by atoms with van der Waals surface area (Å²) in [5, 5.41) is 2.90. The third-order valence-corrected chi connectivity index (χ3v) is 4.73. The van der Waals surface area contributed by atoms with E-state index in [1.165, 1.54) is 25.7 Å². The smallest absolute Gasteiger partial charge is 0.347 e. The summed E-state index contributed by atoms with van der Waals surface area (Å²) in [5.74, 6) is 1.35. The highest BCUT2D eigenvalue weighted by Crippen LogP contribution is 2.35. The first-order valence-electron chi connectivity index (χ1n) is 8.06. The van der Waals surface area contributed by atoms with Crippen LogP contribution in [0.1, 0.15) is 25.7 Å². The molecule has 2 fully saturated rings. The second-order valence-corrected chi connectivity index (χ2v) is 6.48. The lowest BCUT2D eigenvalue weighted by Gasteiger charge is -2.23. The van der Waals surface area contributed by atoms with E-state index in [1.54, 1.807) is 7.05 Å². The van der Waals surface area contributed by atoms with E-state index in [2.05, 4.69) is 15.2 Å². The maximum atomic E-state index is 12.3. The van der Waals surface area contributed by atoms with E-state index in [4.69, 9.17) is 0 Å². The molecule has 1 amide bonds. The molecular formula is C15H25F3N4O. The molecule has 1 aliphatic carbocycles. The van der Waals surface area contributed by atoms with Crippen molar-refractivity contribution in [2.24, 2.45) is 16.8 Å². The first kappa shape index (κ1) is 17.9. The van der Waals surface area contributed by atoms with Gasteiger partial charge in [-0.3, -0.25) is 9.79 Å². The van der Waals surface area contributed by atoms with Crippen LogP contribution in [0.15, 0.2) is 4.99 Å². The molecule has 1 saturated carbocycles. The Kier molecular flexibility index (Phi) is 5.75. The summed E-state index contributed by atoms with van der Waals surface area (Å²) >= 11 is 0. The number of hydrogen-bond donors (Lipinski definition) is 1. The number of fused-ring (bicyclic) bond motifs is 1. The lowest BCUT2D eigenvalue weighted by atomic mass is 9.82. The van der Waals surface area contributed by atoms with Crippen LogP contribution >= 0.6 is 0 Å². The van der Waals surface area contributed by atoms with Gasteiger partial charge < -0.3 is 15.1 Å². The predicted molar refractivity (Wildman–Crippen MR) is 82.1 cm³/mol. The molecule has 2 rings (SSSR count). The van der Waals surface area contributed by atoms with Gasteiger partial charge in [-0.1, -0.05) is 12.8 Å². The number of carbonyl (C=O) groups is 1. The van der Waals surface area contributed by atoms with Crippen LogP contribution in [0.3, 0.4) is 0 Å². The number of alkyl halides is 3. The highest BCUT2D eigenvalue weighted by molar-refractivity contribution is 5.86. The SMILES string of the molecule is CN=C(NCC(=O)N(C)CC(F)(F)F)N1CC2CCCCC2C1. The summed E-state index contributed by atoms with van der Waals surface area (Å²) in [6, 6.07) is 0. The number of halogens is 3. The van der Waals surface area contributed by atoms with Crippen molar-refractivity contribution in [3.63, 3.8) is 0 Å². The zero-order valence-electron chi connectivity index (χ0n) is 13.7. The molecule has 2 atom stereocenters. The Labute approximate surface area is 134 Å². The molecule has 1 saturated heterocycles. The summed E-state index contributed by atoms with van der Waals surface area (Å²) < 4.78 is 36.9. The van der Waals surface area contributed by atoms with Crippen LogP contribution in [0.5, 0.6) is 0 Å². The Bertz CT molecular complexity index is 438. The monoisotopic (exact) mass is 334 g/mol. The summed E-state index contributed by atoms with van der Waals surface area (Å²) in [7, 11) is 2.79. The molecule has 0 radical (unpaired) electrons. The molecule has 132 valence electrons. The van der Waals surface area contributed by atoms with Gasteiger partial charge in [-0.25, -0.2) is 0 Å². The number of likely N-dealkylation sites (N-methyl/N-ethyl adjacent to an activating group) is 1. The number of hydrogen-bond acceptors (Lipinski definition) is 2. The minimum Gasteiger partial charge on any atom is -0.347 e. The molecule has 1 heterocycles. The third-order valence-electron chi connectivity index (χ3n) is 4.73. The van der Waals surface area contributed by atoms with Crippen molar-refractivity contribution in [1.82, 2.24) is 15.1 Å². The van der Waals surface area contributed by atoms with E-state index in [0.29, 0.717) is 22.7 Å². The lowest BCUT2D eigenvalue weighted by Crippen LogP contribution is -2.46. The summed E-state index contributed by atoms with van der Waals surface area (Å²) in [4.78, 5) is 18.8. The fraction of sp³-hybridized carbons (Fsp3) is 0.867. The normalized spacial score (nSPS) is 25.3. The molecule has 0 aromatic rings. The molecule has 0 aromatic carbocycles. The summed E-state index contributed by atoms with van der Waals surface area (Å²) in [6.07, 6.45) is 0.608. The largest absolute Gasteiger partial charge is 0.406 e. The van der Waals surface area contributed by atoms with Crippen molar-refractivity contribution in [1.29, 1.82) is 0 Å². The van der Waals surface area contributed by atoms with E-state index in [-0.39, 0.29) is 6.54 Å². The van der Waals surface area contributed by atoms with Crippen LogP contribution in [0, 0.1) is 11.8 Å². The lowest BCUT2D eigenvalue weighted by molar-refractivity contribution is -0.157. The van der Waals surface area contributed by atoms with E-state index < -0.39 is 18.6 Å². The first-order chi connectivity index (χ1) is 10.8. The molecule has 1 N–H and O–H groups in total. The molecule has 1 aliphatic heterocycles. The second kappa shape index (κ2) is 7.40. The van der Waals surface area contributed by atoms with Gasteiger partial charge in [0.1, 0.15) is 6.54 Å². The minimum atomic E-state index is -4.38. The standard InChI is InChI=1S/C15H25F3N4O/c1-19-14(20-7-13(23)21(2)10-15(16,17)18)22-8-11-5-3-4-6-12(11)9-22/h11-12H,3-10H2,1-2H3,(H,19,20). The molecule has 2 unspecified atom stereocenters. The third kappa shape index (κ3) is 5.00. The van der Waals surface area contributed by atoms with Crippen LogP contribution in [-0.4, -0.2) is 68.1 Å². The topological polar surface area (TPSA) is 47.9 Å². The number of guanidine groups is 1. The number of rotatable bonds is 3. The van der Waals surface area contributed by atoms with Crippen molar-refractivity contribution in [3.8, 4) is 0 Å². The van der Waals surface area contributed by atoms with Gasteiger partial charge in [-0.2, -0.15) is 13.2 Å². The number of amides is 1. The van der Waals surface area contributed by atoms with Gasteiger partial charge >= 0.3 is 6.18 Å². The highest BCUT2D eigenvalue weighted by atomic mass is 19.4. The molecule has 0 bridgehead atoms. The van der Waals surface area contributed by atoms with Crippen molar-refractivity contribution in [3.05, 3.63) is 0 Å². The van der Waals surface area contributed by atoms with Crippen molar-refractivity contribution >= 4 is 11.9 Å². The maximum Gasteiger partial charge on any atom is 0.406 e. The molecule has 0 aromatic heterocycles. The van der Waals surface area contributed by atoms with Gasteiger partial charge in [0.2, 0.25) is 5.91 Å². The second-order valence-electron chi connectivity index (χ2n) is 6.48. The Morgan fingerprint density at radius 2 is 1.83 bits per heavy atom. The van der Waals surface area contributed by atoms with Gasteiger partial charge in [0.15, 0.2) is 5.96 Å². The average molecular weight is 334 g/mol. The number of nitrogens with zero attached hydrogens (tertiary/aromatic N) is 3. The fourth-order valence-corrected chi connectivity index (χ4v) is 3.56. The quantitative estimate of drug-likeness (QED) is 0.631. The van der Waals surface area contributed by atoms with E-state index in [1.807, 2.05) is 0 Å². The van der Waals surface area contributed by atoms with Crippen molar-refractivity contribution in [2.45, 2.75) is 31.9 Å². The zero-order chi connectivity index (χ0) is 17.0. The van der Waals surface area contributed by atoms with Crippen molar-refractivity contribution in [2.75, 3.05) is 40.3 Å². The zero-order valence-corrected chi connectivity index (χ0v) is 13.7. The van der Waals surface area contributed by atoms with E-state index in [9.17, 15) is 18.0 Å². The van der Waals surface area contributed by atoms with Gasteiger partial charge in [-0.05, 0) is 24.7 Å². The number of aliphatic imine (C=N–C) groups is 1. The Morgan fingerprint density at radius 3 is 2.30 bits per heavy atom. The predicted octanol–water partition coefficient (Wildman–Crippen LogP) is 1.70. The molecule has 2 aliphatic rings. The van der Waals surface area contributed by atoms with Crippen molar-refractivity contribution < 1.29 is 18.0 Å². The Morgan fingerprint density at radius 1 is 1.26 bits per heavy atom. The Hall–Kier alpha value is -1.47. The summed E-state index contributed by atoms with van der Waals surface area (Å²) in [6.45, 7) is 0.416. The number of likely N-dealkylation sites (tertiary alicyclic amines) is 1. The Balaban J connectivity index is 1.82. The van der Waals surface area contributed by atoms with Crippen LogP contribution in [0.4, 0.5) is 13.2 Å². The number of nitrogens with one attached hydrogen (secondary N) is 1. The molecule has 8 heteroatoms. The minimum absolute atomic E-state index is 0.176. The van der Waals surface area contributed by atoms with Crippen LogP contribution in [0.2, 0.25) is 0 Å². The van der Waals surface area contributed by atoms with Gasteiger partial charge in [0, 0.05) is 27.2 Å². The first-order valence-corrected chi connectivity index (χ1v) is 8.06. The molecule has 0 spiro atoms. The molecule has 5 nitrogen and oxygen atoms in total. The molecule has 23 heavy (non-hydrogen) atoms. The van der Waals surface area contributed by atoms with E-state index in [0.717, 1.165) is 20.1 Å². The van der Waals surface area contributed by atoms with Gasteiger partial charge in [-0.15, -0.1) is 0 Å². The maximum absolute atomic E-state index is 12.3. The number of carbonyl (C=O) groups excluding carboxylic acids is 1. The van der Waals surface area contributed by atoms with Crippen LogP contribution in [0.25, 0.3) is 0 Å². The van der Waals surface area contributed by atoms with Gasteiger partial charge in [0.05, 0.1) is 6.54 Å². The molecular weight excluding hydrogens is 309 g/mol. The average Bonchev–Trinajstić information content (AvgIpc) is 2.89. The van der Waals surface area contributed by atoms with Crippen LogP contribution < -0.4 is 5.32 Å². The van der Waals surface area contributed by atoms with E-state index >= 15 is 0 Å². The van der Waals surface area contributed by atoms with Gasteiger partial charge in [0.25, 0.3) is 0 Å². The summed E-state index contributed by atoms with van der Waals surface area (Å²) in [5.41, 5.74) is 0. The fourth-order valence-electron chi connectivity index (χ4n) is 3.56.